The van der Waals surface area contributed by atoms with Gasteiger partial charge in [-0.3, -0.25) is 14.1 Å². The zero-order valence-corrected chi connectivity index (χ0v) is 37.9. The molecule has 1 saturated carbocycles. The molecule has 5 N–H and O–H groups in total. The lowest BCUT2D eigenvalue weighted by Gasteiger charge is -2.19. The van der Waals surface area contributed by atoms with Crippen LogP contribution in [-0.2, 0) is 28.2 Å². The van der Waals surface area contributed by atoms with Crippen molar-refractivity contribution in [2.45, 2.75) is 224 Å². The van der Waals surface area contributed by atoms with Crippen LogP contribution in [0, 0.1) is 11.8 Å². The van der Waals surface area contributed by atoms with Crippen molar-refractivity contribution >= 4 is 19.8 Å². The summed E-state index contributed by atoms with van der Waals surface area (Å²) in [5.74, 6) is -1.48. The summed E-state index contributed by atoms with van der Waals surface area (Å²) in [6.45, 7) is 3.40. The van der Waals surface area contributed by atoms with Gasteiger partial charge in [-0.1, -0.05) is 159 Å². The summed E-state index contributed by atoms with van der Waals surface area (Å²) in [5, 5.41) is 31.2. The number of rotatable bonds is 39. The third-order valence-corrected chi connectivity index (χ3v) is 11.7. The number of hydrogen-bond acceptors (Lipinski definition) is 9. The molecule has 0 amide bonds. The summed E-state index contributed by atoms with van der Waals surface area (Å²) < 4.78 is 26.5. The zero-order valence-electron chi connectivity index (χ0n) is 37.0. The van der Waals surface area contributed by atoms with Crippen molar-refractivity contribution in [3.8, 4) is 0 Å². The Bertz CT molecular complexity index is 1170. The number of aliphatic hydroxyl groups excluding tert-OH is 3. The number of carbonyl (C=O) groups is 2. The van der Waals surface area contributed by atoms with Gasteiger partial charge in [-0.15, -0.1) is 0 Å². The van der Waals surface area contributed by atoms with Crippen molar-refractivity contribution in [3.63, 3.8) is 0 Å². The average Bonchev–Trinajstić information content (AvgIpc) is 3.47. The number of phosphoric ester groups is 1. The van der Waals surface area contributed by atoms with Crippen molar-refractivity contribution in [3.05, 3.63) is 36.5 Å². The SMILES string of the molecule is CCCCCCCC/C=C\CCCCCCCCCCCCCC(=O)O[C@H](COC(=O)CCC/C=C/C[C@@H]1[C@@H](/C=C/[C@@H](O)CCCCC)[C@H](O)C[C@@H]1O)COP(=O)(O)O. The van der Waals surface area contributed by atoms with E-state index in [1.54, 1.807) is 6.08 Å². The second-order valence-corrected chi connectivity index (χ2v) is 17.9. The molecule has 0 bridgehead atoms. The Kier molecular flexibility index (Phi) is 34.4. The van der Waals surface area contributed by atoms with E-state index in [-0.39, 0.29) is 31.3 Å². The predicted molar refractivity (Wildman–Crippen MR) is 236 cm³/mol. The molecule has 1 aliphatic rings. The number of carbonyl (C=O) groups excluding carboxylic acids is 2. The minimum Gasteiger partial charge on any atom is -0.462 e. The molecule has 344 valence electrons. The molecule has 0 aromatic rings. The molecule has 6 atom stereocenters. The van der Waals surface area contributed by atoms with E-state index in [2.05, 4.69) is 30.5 Å². The lowest BCUT2D eigenvalue weighted by Crippen LogP contribution is -2.29. The first kappa shape index (κ1) is 55.2. The maximum absolute atomic E-state index is 12.5. The highest BCUT2D eigenvalue weighted by molar-refractivity contribution is 7.46. The summed E-state index contributed by atoms with van der Waals surface area (Å²) in [6.07, 6.45) is 38.2. The smallest absolute Gasteiger partial charge is 0.462 e. The molecule has 0 radical (unpaired) electrons. The molecular formula is C47H85O11P. The fourth-order valence-corrected chi connectivity index (χ4v) is 7.96. The molecule has 0 aromatic carbocycles. The van der Waals surface area contributed by atoms with Gasteiger partial charge in [0.15, 0.2) is 6.10 Å². The van der Waals surface area contributed by atoms with Gasteiger partial charge in [-0.2, -0.15) is 0 Å². The summed E-state index contributed by atoms with van der Waals surface area (Å²) in [5.41, 5.74) is 0. The van der Waals surface area contributed by atoms with Crippen molar-refractivity contribution < 1.29 is 53.3 Å². The normalized spacial score (nSPS) is 19.6. The molecule has 1 aliphatic carbocycles. The van der Waals surface area contributed by atoms with Gasteiger partial charge in [0.1, 0.15) is 6.61 Å². The zero-order chi connectivity index (χ0) is 43.4. The molecule has 1 rings (SSSR count). The minimum atomic E-state index is -4.82. The Labute approximate surface area is 358 Å². The van der Waals surface area contributed by atoms with Gasteiger partial charge in [-0.25, -0.2) is 4.57 Å². The van der Waals surface area contributed by atoms with Crippen LogP contribution in [0.1, 0.15) is 200 Å². The lowest BCUT2D eigenvalue weighted by molar-refractivity contribution is -0.161. The molecular weight excluding hydrogens is 771 g/mol. The Morgan fingerprint density at radius 3 is 1.75 bits per heavy atom. The predicted octanol–water partition coefficient (Wildman–Crippen LogP) is 10.9. The monoisotopic (exact) mass is 857 g/mol. The van der Waals surface area contributed by atoms with E-state index in [0.717, 1.165) is 38.5 Å². The highest BCUT2D eigenvalue weighted by atomic mass is 31.2. The summed E-state index contributed by atoms with van der Waals surface area (Å²) in [7, 11) is -4.82. The maximum Gasteiger partial charge on any atom is 0.469 e. The summed E-state index contributed by atoms with van der Waals surface area (Å²) in [4.78, 5) is 43.2. The van der Waals surface area contributed by atoms with Gasteiger partial charge < -0.3 is 34.6 Å². The van der Waals surface area contributed by atoms with Crippen LogP contribution in [0.5, 0.6) is 0 Å². The van der Waals surface area contributed by atoms with Crippen LogP contribution in [-0.4, -0.2) is 74.7 Å². The molecule has 1 fully saturated rings. The Morgan fingerprint density at radius 2 is 1.15 bits per heavy atom. The van der Waals surface area contributed by atoms with Crippen LogP contribution in [0.2, 0.25) is 0 Å². The van der Waals surface area contributed by atoms with Crippen molar-refractivity contribution in [1.29, 1.82) is 0 Å². The quantitative estimate of drug-likeness (QED) is 0.0172. The molecule has 59 heavy (non-hydrogen) atoms. The van der Waals surface area contributed by atoms with Crippen LogP contribution in [0.4, 0.5) is 0 Å². The van der Waals surface area contributed by atoms with E-state index < -0.39 is 50.8 Å². The Balaban J connectivity index is 2.20. The van der Waals surface area contributed by atoms with E-state index in [1.807, 2.05) is 18.2 Å². The Hall–Kier alpha value is -1.85. The van der Waals surface area contributed by atoms with Gasteiger partial charge >= 0.3 is 19.8 Å². The first-order chi connectivity index (χ1) is 28.5. The van der Waals surface area contributed by atoms with Gasteiger partial charge in [0.25, 0.3) is 0 Å². The second-order valence-electron chi connectivity index (χ2n) is 16.7. The number of aliphatic hydroxyl groups is 3. The molecule has 0 heterocycles. The van der Waals surface area contributed by atoms with E-state index in [1.165, 1.54) is 96.3 Å². The lowest BCUT2D eigenvalue weighted by atomic mass is 9.89. The number of allylic oxidation sites excluding steroid dienone is 4. The molecule has 0 unspecified atom stereocenters. The topological polar surface area (TPSA) is 180 Å². The molecule has 11 nitrogen and oxygen atoms in total. The van der Waals surface area contributed by atoms with Crippen LogP contribution < -0.4 is 0 Å². The number of esters is 2. The Morgan fingerprint density at radius 1 is 0.644 bits per heavy atom. The largest absolute Gasteiger partial charge is 0.469 e. The van der Waals surface area contributed by atoms with Crippen molar-refractivity contribution in [2.75, 3.05) is 13.2 Å². The summed E-state index contributed by atoms with van der Waals surface area (Å²) in [6, 6.07) is 0. The second kappa shape index (κ2) is 36.8. The van der Waals surface area contributed by atoms with Crippen LogP contribution in [0.3, 0.4) is 0 Å². The van der Waals surface area contributed by atoms with E-state index in [9.17, 15) is 29.5 Å². The molecule has 0 saturated heterocycles. The van der Waals surface area contributed by atoms with E-state index in [4.69, 9.17) is 19.3 Å². The maximum atomic E-state index is 12.5. The van der Waals surface area contributed by atoms with Gasteiger partial charge in [0.05, 0.1) is 24.9 Å². The fourth-order valence-electron chi connectivity index (χ4n) is 7.60. The number of ether oxygens (including phenoxy) is 2. The highest BCUT2D eigenvalue weighted by Gasteiger charge is 2.39. The third-order valence-electron chi connectivity index (χ3n) is 11.2. The first-order valence-electron chi connectivity index (χ1n) is 23.5. The average molecular weight is 857 g/mol. The number of hydrogen-bond donors (Lipinski definition) is 5. The van der Waals surface area contributed by atoms with Crippen LogP contribution in [0.25, 0.3) is 0 Å². The molecule has 12 heteroatoms. The van der Waals surface area contributed by atoms with Gasteiger partial charge in [0, 0.05) is 25.2 Å². The standard InChI is InChI=1S/C47H85O11P/c1-3-5-7-8-9-10-11-12-13-14-15-16-17-18-19-20-21-22-23-24-30-34-47(52)58-41(39-57-59(53,54)55)38-56-46(51)33-29-26-25-28-32-42-43(45(50)37-44(42)49)36-35-40(48)31-27-6-4-2/h12-13,25,28,35-36,40-45,48-50H,3-11,14-24,26-27,29-34,37-39H2,1-2H3,(H2,53,54,55)/b13-12-,28-25+,36-35+/t40-,41+,42+,43+,44-,45+/m0/s1. The van der Waals surface area contributed by atoms with E-state index in [0.29, 0.717) is 38.5 Å². The van der Waals surface area contributed by atoms with E-state index >= 15 is 0 Å². The number of unbranched alkanes of at least 4 members (excludes halogenated alkanes) is 20. The van der Waals surface area contributed by atoms with Crippen molar-refractivity contribution in [1.82, 2.24) is 0 Å². The van der Waals surface area contributed by atoms with Gasteiger partial charge in [0.2, 0.25) is 0 Å². The highest BCUT2D eigenvalue weighted by Crippen LogP contribution is 2.37. The third kappa shape index (κ3) is 32.5. The van der Waals surface area contributed by atoms with Crippen LogP contribution in [0.15, 0.2) is 36.5 Å². The minimum absolute atomic E-state index is 0.0909. The molecule has 0 aromatic heterocycles. The fraction of sp³-hybridized carbons (Fsp3) is 0.830. The van der Waals surface area contributed by atoms with Crippen LogP contribution >= 0.6 is 7.82 Å². The first-order valence-corrected chi connectivity index (χ1v) is 25.1. The van der Waals surface area contributed by atoms with Gasteiger partial charge in [-0.05, 0) is 63.7 Å². The molecule has 0 aliphatic heterocycles. The van der Waals surface area contributed by atoms with Crippen molar-refractivity contribution in [2.24, 2.45) is 11.8 Å². The summed E-state index contributed by atoms with van der Waals surface area (Å²) >= 11 is 0. The number of phosphoric acid groups is 1. The molecule has 0 spiro atoms.